The number of anilines is 2. The van der Waals surface area contributed by atoms with Gasteiger partial charge in [0.1, 0.15) is 0 Å². The van der Waals surface area contributed by atoms with E-state index in [-0.39, 0.29) is 24.5 Å². The first-order valence-electron chi connectivity index (χ1n) is 17.4. The van der Waals surface area contributed by atoms with E-state index in [0.717, 1.165) is 92.7 Å². The first kappa shape index (κ1) is 38.4. The van der Waals surface area contributed by atoms with Crippen LogP contribution in [-0.4, -0.2) is 87.3 Å². The Morgan fingerprint density at radius 3 is 2.47 bits per heavy atom. The summed E-state index contributed by atoms with van der Waals surface area (Å²) in [5.74, 6) is -0.269. The Labute approximate surface area is 288 Å². The molecule has 1 fully saturated rings. The van der Waals surface area contributed by atoms with Crippen LogP contribution in [0.1, 0.15) is 86.8 Å². The number of amides is 2. The average molecular weight is 702 g/mol. The van der Waals surface area contributed by atoms with Crippen LogP contribution in [0.3, 0.4) is 0 Å². The number of phosphoric ester groups is 1. The number of fused-ring (bicyclic) bond motifs is 1. The molecule has 2 amide bonds. The van der Waals surface area contributed by atoms with Gasteiger partial charge in [-0.25, -0.2) is 14.2 Å². The quantitative estimate of drug-likeness (QED) is 0.0803. The monoisotopic (exact) mass is 701 g/mol. The predicted octanol–water partition coefficient (Wildman–Crippen LogP) is 4.85. The van der Waals surface area contributed by atoms with Crippen LogP contribution in [0, 0.1) is 0 Å². The zero-order valence-electron chi connectivity index (χ0n) is 28.9. The second-order valence-electron chi connectivity index (χ2n) is 12.4. The summed E-state index contributed by atoms with van der Waals surface area (Å²) in [5, 5.41) is 15.3. The summed E-state index contributed by atoms with van der Waals surface area (Å²) in [5.41, 5.74) is 4.85. The number of unbranched alkanes of at least 4 members (excludes halogenated alkanes) is 4. The van der Waals surface area contributed by atoms with Gasteiger partial charge in [0, 0.05) is 67.8 Å². The molecule has 0 bridgehead atoms. The number of carbonyl (C=O) groups is 2. The van der Waals surface area contributed by atoms with E-state index in [1.807, 2.05) is 29.7 Å². The summed E-state index contributed by atoms with van der Waals surface area (Å²) < 4.78 is 22.7. The lowest BCUT2D eigenvalue weighted by Crippen LogP contribution is -2.30. The molecule has 0 aliphatic carbocycles. The Hall–Kier alpha value is -3.39. The standard InChI is InChI=1S/C34H52N7O7P/c1-4-30-28(32(38-27-16-20-47-21-17-27)29-24-36-41(5-2)33(29)39-30)23-35-34(43)25-12-14-26(15-13-25)37-31(42)11-9-7-6-8-10-18-40(3)19-22-48-49(44,45)46/h12-15,24,27H,4-11,16-23H2,1-3H3,(H,35,43)(H,37,42)(H,38,39)(H2,44,45,46). The van der Waals surface area contributed by atoms with Gasteiger partial charge in [-0.3, -0.25) is 14.1 Å². The highest BCUT2D eigenvalue weighted by Crippen LogP contribution is 2.35. The molecule has 4 rings (SSSR count). The van der Waals surface area contributed by atoms with Crippen LogP contribution in [0.2, 0.25) is 0 Å². The molecule has 3 heterocycles. The largest absolute Gasteiger partial charge is 0.469 e. The minimum atomic E-state index is -4.41. The number of nitrogens with one attached hydrogen (secondary N) is 3. The summed E-state index contributed by atoms with van der Waals surface area (Å²) in [7, 11) is -2.53. The first-order chi connectivity index (χ1) is 23.6. The number of pyridine rings is 1. The smallest absolute Gasteiger partial charge is 0.381 e. The van der Waals surface area contributed by atoms with E-state index in [4.69, 9.17) is 19.5 Å². The number of hydrogen-bond acceptors (Lipinski definition) is 9. The summed E-state index contributed by atoms with van der Waals surface area (Å²) in [4.78, 5) is 50.1. The van der Waals surface area contributed by atoms with Crippen molar-refractivity contribution in [2.75, 3.05) is 50.6 Å². The van der Waals surface area contributed by atoms with Gasteiger partial charge in [0.2, 0.25) is 5.91 Å². The van der Waals surface area contributed by atoms with Crippen molar-refractivity contribution in [2.45, 2.75) is 90.8 Å². The molecule has 0 unspecified atom stereocenters. The van der Waals surface area contributed by atoms with Gasteiger partial charge in [0.15, 0.2) is 5.65 Å². The molecule has 1 aliphatic heterocycles. The van der Waals surface area contributed by atoms with E-state index >= 15 is 0 Å². The van der Waals surface area contributed by atoms with Crippen molar-refractivity contribution >= 4 is 42.0 Å². The zero-order chi connectivity index (χ0) is 35.2. The van der Waals surface area contributed by atoms with Crippen molar-refractivity contribution in [3.05, 3.63) is 47.3 Å². The molecule has 5 N–H and O–H groups in total. The number of benzene rings is 1. The van der Waals surface area contributed by atoms with Gasteiger partial charge in [0.05, 0.1) is 23.9 Å². The molecular formula is C34H52N7O7P. The van der Waals surface area contributed by atoms with Crippen LogP contribution < -0.4 is 16.0 Å². The first-order valence-corrected chi connectivity index (χ1v) is 18.9. The summed E-state index contributed by atoms with van der Waals surface area (Å²) in [6.45, 7) is 7.84. The number of phosphoric acid groups is 1. The predicted molar refractivity (Wildman–Crippen MR) is 189 cm³/mol. The molecule has 14 nitrogen and oxygen atoms in total. The zero-order valence-corrected chi connectivity index (χ0v) is 29.8. The Morgan fingerprint density at radius 2 is 1.78 bits per heavy atom. The third-order valence-electron chi connectivity index (χ3n) is 8.71. The van der Waals surface area contributed by atoms with Crippen LogP contribution in [-0.2, 0) is 38.1 Å². The lowest BCUT2D eigenvalue weighted by atomic mass is 10.0. The van der Waals surface area contributed by atoms with E-state index in [1.165, 1.54) is 0 Å². The lowest BCUT2D eigenvalue weighted by Gasteiger charge is -2.26. The highest BCUT2D eigenvalue weighted by molar-refractivity contribution is 7.46. The molecule has 15 heteroatoms. The van der Waals surface area contributed by atoms with Gasteiger partial charge < -0.3 is 35.4 Å². The molecule has 1 saturated heterocycles. The van der Waals surface area contributed by atoms with E-state index in [2.05, 4.69) is 32.5 Å². The molecule has 0 radical (unpaired) electrons. The molecular weight excluding hydrogens is 649 g/mol. The molecule has 2 aromatic heterocycles. The van der Waals surface area contributed by atoms with E-state index in [1.54, 1.807) is 24.3 Å². The van der Waals surface area contributed by atoms with Crippen molar-refractivity contribution in [3.8, 4) is 0 Å². The fraction of sp³-hybridized carbons (Fsp3) is 0.588. The molecule has 1 aliphatic rings. The van der Waals surface area contributed by atoms with Gasteiger partial charge in [-0.15, -0.1) is 0 Å². The minimum Gasteiger partial charge on any atom is -0.381 e. The molecule has 49 heavy (non-hydrogen) atoms. The van der Waals surface area contributed by atoms with E-state index in [9.17, 15) is 14.2 Å². The number of aryl methyl sites for hydroxylation is 2. The number of ether oxygens (including phenoxy) is 1. The van der Waals surface area contributed by atoms with Crippen molar-refractivity contribution in [1.29, 1.82) is 0 Å². The van der Waals surface area contributed by atoms with Crippen LogP contribution in [0.15, 0.2) is 30.5 Å². The maximum atomic E-state index is 13.2. The number of hydrogen-bond donors (Lipinski definition) is 5. The molecule has 0 saturated carbocycles. The van der Waals surface area contributed by atoms with Gasteiger partial charge in [0.25, 0.3) is 5.91 Å². The topological polar surface area (TPSA) is 180 Å². The van der Waals surface area contributed by atoms with Gasteiger partial charge in [-0.2, -0.15) is 5.10 Å². The third-order valence-corrected chi connectivity index (χ3v) is 9.23. The maximum absolute atomic E-state index is 13.2. The summed E-state index contributed by atoms with van der Waals surface area (Å²) >= 11 is 0. The molecule has 3 aromatic rings. The van der Waals surface area contributed by atoms with Crippen LogP contribution >= 0.6 is 7.82 Å². The maximum Gasteiger partial charge on any atom is 0.469 e. The van der Waals surface area contributed by atoms with Crippen molar-refractivity contribution in [1.82, 2.24) is 25.0 Å². The van der Waals surface area contributed by atoms with Gasteiger partial charge in [-0.05, 0) is 76.9 Å². The summed E-state index contributed by atoms with van der Waals surface area (Å²) in [6.07, 6.45) is 9.50. The van der Waals surface area contributed by atoms with Gasteiger partial charge >= 0.3 is 7.82 Å². The lowest BCUT2D eigenvalue weighted by molar-refractivity contribution is -0.116. The Bertz CT molecular complexity index is 1550. The van der Waals surface area contributed by atoms with Crippen LogP contribution in [0.25, 0.3) is 11.0 Å². The van der Waals surface area contributed by atoms with Gasteiger partial charge in [-0.1, -0.05) is 26.2 Å². The van der Waals surface area contributed by atoms with E-state index in [0.29, 0.717) is 43.7 Å². The normalized spacial score (nSPS) is 14.0. The Morgan fingerprint density at radius 1 is 1.06 bits per heavy atom. The van der Waals surface area contributed by atoms with Crippen molar-refractivity contribution in [3.63, 3.8) is 0 Å². The molecule has 0 atom stereocenters. The second-order valence-corrected chi connectivity index (χ2v) is 13.7. The SMILES string of the molecule is CCc1nc2c(cnn2CC)c(NC2CCOCC2)c1CNC(=O)c1ccc(NC(=O)CCCCCCCN(C)CCOP(=O)(O)O)cc1. The molecule has 1 aromatic carbocycles. The minimum absolute atomic E-state index is 0.00998. The van der Waals surface area contributed by atoms with E-state index < -0.39 is 7.82 Å². The average Bonchev–Trinajstić information content (AvgIpc) is 3.50. The fourth-order valence-corrected chi connectivity index (χ4v) is 6.24. The number of rotatable bonds is 20. The third kappa shape index (κ3) is 12.2. The number of aromatic nitrogens is 3. The highest BCUT2D eigenvalue weighted by atomic mass is 31.2. The number of likely N-dealkylation sites (N-methyl/N-ethyl adjacent to an activating group) is 1. The van der Waals surface area contributed by atoms with Crippen LogP contribution in [0.4, 0.5) is 11.4 Å². The van der Waals surface area contributed by atoms with Crippen molar-refractivity contribution in [2.24, 2.45) is 0 Å². The Kier molecular flexibility index (Phi) is 15.0. The Balaban J connectivity index is 1.22. The second kappa shape index (κ2) is 19.1. The fourth-order valence-electron chi connectivity index (χ4n) is 5.92. The van der Waals surface area contributed by atoms with Crippen molar-refractivity contribution < 1.29 is 33.2 Å². The summed E-state index contributed by atoms with van der Waals surface area (Å²) in [6, 6.07) is 7.19. The van der Waals surface area contributed by atoms with Crippen LogP contribution in [0.5, 0.6) is 0 Å². The number of carbonyl (C=O) groups excluding carboxylic acids is 2. The highest BCUT2D eigenvalue weighted by Gasteiger charge is 2.22. The number of nitrogens with zero attached hydrogens (tertiary/aromatic N) is 4. The molecule has 270 valence electrons. The molecule has 0 spiro atoms.